The van der Waals surface area contributed by atoms with E-state index in [1.54, 1.807) is 0 Å². The maximum atomic E-state index is 15.5. The number of aliphatic hydroxyl groups is 1. The van der Waals surface area contributed by atoms with E-state index >= 15 is 4.79 Å². The molecule has 2 N–H and O–H groups in total. The number of carbonyl (C=O) groups excluding carboxylic acids is 1. The van der Waals surface area contributed by atoms with Gasteiger partial charge in [-0.3, -0.25) is 15.0 Å². The van der Waals surface area contributed by atoms with Crippen molar-refractivity contribution in [2.24, 2.45) is 5.41 Å². The molecule has 204 valence electrons. The summed E-state index contributed by atoms with van der Waals surface area (Å²) in [5.74, 6) is -0.0858. The molecule has 5 aromatic carbocycles. The van der Waals surface area contributed by atoms with E-state index in [1.807, 2.05) is 54.6 Å². The molecule has 3 heterocycles. The average Bonchev–Trinajstić information content (AvgIpc) is 3.53. The third-order valence-corrected chi connectivity index (χ3v) is 10.5. The summed E-state index contributed by atoms with van der Waals surface area (Å²) < 4.78 is 0. The van der Waals surface area contributed by atoms with Crippen LogP contribution in [-0.2, 0) is 16.1 Å². The van der Waals surface area contributed by atoms with Crippen molar-refractivity contribution in [3.63, 3.8) is 0 Å². The fourth-order valence-electron chi connectivity index (χ4n) is 9.12. The van der Waals surface area contributed by atoms with Gasteiger partial charge in [-0.05, 0) is 39.1 Å². The van der Waals surface area contributed by atoms with Gasteiger partial charge in [0.15, 0.2) is 11.5 Å². The number of benzene rings is 5. The molecule has 4 nitrogen and oxygen atoms in total. The Balaban J connectivity index is 1.40. The first-order chi connectivity index (χ1) is 20.6. The fraction of sp³-hybridized carbons (Fsp3) is 0.184. The van der Waals surface area contributed by atoms with Crippen LogP contribution in [0.15, 0.2) is 133 Å². The second-order valence-electron chi connectivity index (χ2n) is 12.3. The molecular weight excluding hydrogens is 516 g/mol. The van der Waals surface area contributed by atoms with Crippen LogP contribution in [0.25, 0.3) is 16.8 Å². The van der Waals surface area contributed by atoms with Gasteiger partial charge in [0.05, 0.1) is 5.41 Å². The number of hydrogen-bond donors (Lipinski definition) is 2. The highest BCUT2D eigenvalue weighted by atomic mass is 16.3. The number of ketones is 1. The highest BCUT2D eigenvalue weighted by Gasteiger charge is 2.85. The molecule has 4 aliphatic rings. The van der Waals surface area contributed by atoms with Gasteiger partial charge in [-0.2, -0.15) is 0 Å². The summed E-state index contributed by atoms with van der Waals surface area (Å²) in [7, 11) is 0. The van der Waals surface area contributed by atoms with Crippen LogP contribution in [0.2, 0.25) is 0 Å². The lowest BCUT2D eigenvalue weighted by Crippen LogP contribution is -2.59. The third-order valence-electron chi connectivity index (χ3n) is 10.5. The Morgan fingerprint density at radius 3 is 2.05 bits per heavy atom. The molecule has 1 aliphatic carbocycles. The normalized spacial score (nSPS) is 33.2. The van der Waals surface area contributed by atoms with Gasteiger partial charge in [-0.15, -0.1) is 0 Å². The lowest BCUT2D eigenvalue weighted by Gasteiger charge is -2.44. The largest absolute Gasteiger partial charge is 0.369 e. The van der Waals surface area contributed by atoms with Crippen molar-refractivity contribution in [1.29, 1.82) is 0 Å². The van der Waals surface area contributed by atoms with Gasteiger partial charge in [0.2, 0.25) is 0 Å². The zero-order valence-corrected chi connectivity index (χ0v) is 23.1. The van der Waals surface area contributed by atoms with E-state index in [1.165, 1.54) is 0 Å². The minimum absolute atomic E-state index is 0.128. The minimum atomic E-state index is -1.41. The molecule has 4 heteroatoms. The van der Waals surface area contributed by atoms with Crippen molar-refractivity contribution >= 4 is 22.6 Å². The van der Waals surface area contributed by atoms with Crippen molar-refractivity contribution in [3.8, 4) is 0 Å². The van der Waals surface area contributed by atoms with Gasteiger partial charge >= 0.3 is 0 Å². The highest BCUT2D eigenvalue weighted by Crippen LogP contribution is 2.76. The summed E-state index contributed by atoms with van der Waals surface area (Å²) in [6.45, 7) is 0.854. The second kappa shape index (κ2) is 8.36. The number of carbonyl (C=O) groups is 1. The molecule has 0 amide bonds. The van der Waals surface area contributed by atoms with Crippen molar-refractivity contribution < 1.29 is 9.90 Å². The molecule has 3 saturated heterocycles. The predicted octanol–water partition coefficient (Wildman–Crippen LogP) is 6.29. The zero-order chi connectivity index (χ0) is 28.1. The summed E-state index contributed by atoms with van der Waals surface area (Å²) in [5.41, 5.74) is 2.46. The van der Waals surface area contributed by atoms with Gasteiger partial charge in [0.1, 0.15) is 5.54 Å². The number of piperidine rings is 1. The maximum absolute atomic E-state index is 15.5. The Morgan fingerprint density at radius 2 is 1.36 bits per heavy atom. The van der Waals surface area contributed by atoms with Gasteiger partial charge in [-0.25, -0.2) is 0 Å². The number of rotatable bonds is 3. The van der Waals surface area contributed by atoms with E-state index in [4.69, 9.17) is 0 Å². The number of Topliss-reactive ketones (excluding diaryl/α,β-unsaturated/α-hetero) is 1. The number of hydrogen-bond acceptors (Lipinski definition) is 4. The second-order valence-corrected chi connectivity index (χ2v) is 12.3. The molecule has 3 aliphatic heterocycles. The number of nitrogens with one attached hydrogen (secondary N) is 1. The zero-order valence-electron chi connectivity index (χ0n) is 23.1. The molecule has 0 aromatic heterocycles. The first kappa shape index (κ1) is 24.3. The van der Waals surface area contributed by atoms with Crippen molar-refractivity contribution in [2.75, 3.05) is 13.1 Å². The summed E-state index contributed by atoms with van der Waals surface area (Å²) in [6.07, 6.45) is 2.04. The standard InChI is InChI=1S/C38H30N2O2/c41-35-29(22-25-12-4-1-5-13-25)23-40-24-36(35)33(27-14-6-2-7-15-27)34(28-16-8-3-9-17-28)39-37(36)30-20-10-18-26-19-11-21-31(32(26)30)38(37,40)42/h1-22,33-34,39,42H,23-24H2/b29-22+/t33-,34-,36+,37-,38-/m0/s1. The van der Waals surface area contributed by atoms with E-state index in [-0.39, 0.29) is 17.7 Å². The Morgan fingerprint density at radius 1 is 0.738 bits per heavy atom. The van der Waals surface area contributed by atoms with Gasteiger partial charge in [-0.1, -0.05) is 127 Å². The molecule has 2 bridgehead atoms. The molecule has 3 fully saturated rings. The highest BCUT2D eigenvalue weighted by molar-refractivity contribution is 6.09. The lowest BCUT2D eigenvalue weighted by atomic mass is 9.57. The van der Waals surface area contributed by atoms with E-state index < -0.39 is 16.7 Å². The van der Waals surface area contributed by atoms with Gasteiger partial charge in [0, 0.05) is 36.2 Å². The smallest absolute Gasteiger partial charge is 0.170 e. The van der Waals surface area contributed by atoms with Crippen LogP contribution in [0.4, 0.5) is 0 Å². The van der Waals surface area contributed by atoms with Crippen molar-refractivity contribution in [3.05, 3.63) is 161 Å². The topological polar surface area (TPSA) is 52.6 Å². The quantitative estimate of drug-likeness (QED) is 0.261. The Kier molecular flexibility index (Phi) is 4.83. The minimum Gasteiger partial charge on any atom is -0.369 e. The maximum Gasteiger partial charge on any atom is 0.170 e. The molecular formula is C38H30N2O2. The molecule has 6 atom stereocenters. The fourth-order valence-corrected chi connectivity index (χ4v) is 9.12. The molecule has 5 aromatic rings. The van der Waals surface area contributed by atoms with E-state index in [9.17, 15) is 5.11 Å². The molecule has 1 unspecified atom stereocenters. The number of nitrogens with zero attached hydrogens (tertiary/aromatic N) is 1. The van der Waals surface area contributed by atoms with Crippen LogP contribution in [0.5, 0.6) is 0 Å². The summed E-state index contributed by atoms with van der Waals surface area (Å²) in [6, 6.07) is 43.4. The van der Waals surface area contributed by atoms with Crippen LogP contribution in [0.1, 0.15) is 39.8 Å². The van der Waals surface area contributed by atoms with Crippen LogP contribution in [0.3, 0.4) is 0 Å². The molecule has 42 heavy (non-hydrogen) atoms. The molecule has 9 rings (SSSR count). The van der Waals surface area contributed by atoms with E-state index in [0.29, 0.717) is 13.1 Å². The van der Waals surface area contributed by atoms with Crippen LogP contribution < -0.4 is 5.32 Å². The predicted molar refractivity (Wildman–Crippen MR) is 164 cm³/mol. The Hall–Kier alpha value is -4.35. The lowest BCUT2D eigenvalue weighted by molar-refractivity contribution is -0.139. The van der Waals surface area contributed by atoms with Gasteiger partial charge < -0.3 is 5.11 Å². The van der Waals surface area contributed by atoms with Crippen LogP contribution in [-0.4, -0.2) is 28.9 Å². The summed E-state index contributed by atoms with van der Waals surface area (Å²) >= 11 is 0. The van der Waals surface area contributed by atoms with Crippen molar-refractivity contribution in [1.82, 2.24) is 10.2 Å². The molecule has 0 saturated carbocycles. The SMILES string of the molecule is O=C1/C(=C/c2ccccc2)CN2C[C@@]13[C@@H](c1ccccc1)[C@H](c1ccccc1)N[C@@]31c3cccc4cccc(c34)[C@@]21O. The first-order valence-electron chi connectivity index (χ1n) is 14.8. The van der Waals surface area contributed by atoms with E-state index in [0.717, 1.165) is 44.2 Å². The van der Waals surface area contributed by atoms with Gasteiger partial charge in [0.25, 0.3) is 0 Å². The van der Waals surface area contributed by atoms with Crippen molar-refractivity contribution in [2.45, 2.75) is 23.2 Å². The molecule has 2 spiro atoms. The third kappa shape index (κ3) is 2.71. The summed E-state index contributed by atoms with van der Waals surface area (Å²) in [4.78, 5) is 17.6. The summed E-state index contributed by atoms with van der Waals surface area (Å²) in [5, 5.41) is 19.6. The van der Waals surface area contributed by atoms with E-state index in [2.05, 4.69) is 89.1 Å². The number of fused-ring (bicyclic) bond motifs is 3. The average molecular weight is 547 g/mol. The van der Waals surface area contributed by atoms with Crippen LogP contribution >= 0.6 is 0 Å². The van der Waals surface area contributed by atoms with Crippen LogP contribution in [0, 0.1) is 5.41 Å². The Labute approximate surface area is 244 Å². The monoisotopic (exact) mass is 546 g/mol. The Bertz CT molecular complexity index is 1920. The molecule has 0 radical (unpaired) electrons. The first-order valence-corrected chi connectivity index (χ1v) is 14.8.